The van der Waals surface area contributed by atoms with Crippen LogP contribution in [0.25, 0.3) is 11.1 Å². The van der Waals surface area contributed by atoms with Crippen molar-refractivity contribution in [3.8, 4) is 0 Å². The summed E-state index contributed by atoms with van der Waals surface area (Å²) >= 11 is 0. The van der Waals surface area contributed by atoms with Crippen LogP contribution in [0.15, 0.2) is 138 Å². The lowest BCUT2D eigenvalue weighted by Gasteiger charge is -2.53. The van der Waals surface area contributed by atoms with E-state index in [4.69, 9.17) is 0 Å². The summed E-state index contributed by atoms with van der Waals surface area (Å²) in [5.74, 6) is -3.13. The number of benzene rings is 4. The van der Waals surface area contributed by atoms with Crippen molar-refractivity contribution >= 4 is 11.1 Å². The van der Waals surface area contributed by atoms with Crippen LogP contribution in [0.3, 0.4) is 0 Å². The second-order valence-electron chi connectivity index (χ2n) is 11.2. The molecule has 6 rings (SSSR count). The molecule has 4 aromatic carbocycles. The maximum atomic E-state index is 16.0. The van der Waals surface area contributed by atoms with Gasteiger partial charge in [-0.3, -0.25) is 0 Å². The zero-order chi connectivity index (χ0) is 34.9. The number of hydrogen-bond acceptors (Lipinski definition) is 0. The van der Waals surface area contributed by atoms with Crippen LogP contribution in [0.1, 0.15) is 33.7 Å². The fourth-order valence-corrected chi connectivity index (χ4v) is 6.92. The molecular weight excluding hydrogens is 660 g/mol. The van der Waals surface area contributed by atoms with Gasteiger partial charge >= 0.3 is 24.7 Å². The van der Waals surface area contributed by atoms with Crippen molar-refractivity contribution in [1.29, 1.82) is 0 Å². The highest BCUT2D eigenvalue weighted by Crippen LogP contribution is 2.71. The third-order valence-electron chi connectivity index (χ3n) is 8.53. The van der Waals surface area contributed by atoms with Gasteiger partial charge in [0.1, 0.15) is 11.3 Å². The summed E-state index contributed by atoms with van der Waals surface area (Å²) in [6, 6.07) is 19.0. The van der Waals surface area contributed by atoms with Crippen molar-refractivity contribution in [1.82, 2.24) is 0 Å². The average molecular weight is 681 g/mol. The fraction of sp³-hybridized carbons (Fsp3) is 0.167. The first-order valence-electron chi connectivity index (χ1n) is 14.2. The van der Waals surface area contributed by atoms with Crippen molar-refractivity contribution in [2.45, 2.75) is 36.0 Å². The van der Waals surface area contributed by atoms with E-state index in [1.807, 2.05) is 0 Å². The molecule has 0 aliphatic heterocycles. The minimum atomic E-state index is -5.66. The zero-order valence-electron chi connectivity index (χ0n) is 24.1. The van der Waals surface area contributed by atoms with Crippen molar-refractivity contribution in [3.05, 3.63) is 165 Å². The molecule has 0 saturated carbocycles. The first kappa shape index (κ1) is 33.2. The van der Waals surface area contributed by atoms with Crippen LogP contribution in [0.2, 0.25) is 0 Å². The van der Waals surface area contributed by atoms with Crippen molar-refractivity contribution in [3.63, 3.8) is 0 Å². The van der Waals surface area contributed by atoms with Crippen LogP contribution in [0, 0.1) is 0 Å². The first-order chi connectivity index (χ1) is 22.4. The van der Waals surface area contributed by atoms with E-state index in [1.165, 1.54) is 18.2 Å². The molecule has 0 bridgehead atoms. The van der Waals surface area contributed by atoms with Gasteiger partial charge in [0.25, 0.3) is 0 Å². The van der Waals surface area contributed by atoms with Gasteiger partial charge < -0.3 is 0 Å². The molecule has 0 radical (unpaired) electrons. The minimum absolute atomic E-state index is 0.720. The molecule has 248 valence electrons. The third-order valence-corrected chi connectivity index (χ3v) is 8.53. The Morgan fingerprint density at radius 3 is 1.33 bits per heavy atom. The molecule has 4 aromatic rings. The maximum absolute atomic E-state index is 16.0. The Bertz CT molecular complexity index is 1940. The minimum Gasteiger partial charge on any atom is -0.170 e. The summed E-state index contributed by atoms with van der Waals surface area (Å²) in [5.41, 5.74) is -18.3. The normalized spacial score (nSPS) is 22.0. The summed E-state index contributed by atoms with van der Waals surface area (Å²) in [7, 11) is 0. The molecule has 48 heavy (non-hydrogen) atoms. The lowest BCUT2D eigenvalue weighted by Crippen LogP contribution is -2.54. The summed E-state index contributed by atoms with van der Waals surface area (Å²) in [6.45, 7) is 0. The Morgan fingerprint density at radius 1 is 0.479 bits per heavy atom. The molecule has 0 aromatic heterocycles. The standard InChI is InChI=1S/C36H20F12/c37-33(38,39)28(20-12-4-1-5-13-20)25-26(29(34(40,41)42)21-14-6-2-7-15-21)31-27(25)30(35(43,44)45)23-18-10-11-19-24(23)32(31,36(46,47)48)22-16-8-3-9-17-22/h1-19,30H/b28-25+,29-26+/t30-,32-/m1/s1. The van der Waals surface area contributed by atoms with Crippen molar-refractivity contribution < 1.29 is 52.7 Å². The van der Waals surface area contributed by atoms with E-state index in [1.54, 1.807) is 0 Å². The topological polar surface area (TPSA) is 0 Å². The second kappa shape index (κ2) is 11.2. The van der Waals surface area contributed by atoms with Gasteiger partial charge in [-0.15, -0.1) is 0 Å². The van der Waals surface area contributed by atoms with Crippen LogP contribution >= 0.6 is 0 Å². The van der Waals surface area contributed by atoms with Gasteiger partial charge in [0.15, 0.2) is 0 Å². The van der Waals surface area contributed by atoms with Crippen LogP contribution in [0.4, 0.5) is 52.7 Å². The van der Waals surface area contributed by atoms with Gasteiger partial charge in [0.05, 0.1) is 11.1 Å². The molecular formula is C36H20F12. The molecule has 2 aliphatic rings. The van der Waals surface area contributed by atoms with Gasteiger partial charge in [-0.2, -0.15) is 52.7 Å². The summed E-state index contributed by atoms with van der Waals surface area (Å²) in [6.07, 6.45) is -22.4. The van der Waals surface area contributed by atoms with E-state index in [2.05, 4.69) is 0 Å². The van der Waals surface area contributed by atoms with E-state index < -0.39 is 97.3 Å². The molecule has 0 N–H and O–H groups in total. The van der Waals surface area contributed by atoms with Gasteiger partial charge in [0.2, 0.25) is 0 Å². The number of alkyl halides is 12. The quantitative estimate of drug-likeness (QED) is 0.189. The Hall–Kier alpha value is -4.74. The first-order valence-corrected chi connectivity index (χ1v) is 14.2. The predicted octanol–water partition coefficient (Wildman–Crippen LogP) is 11.5. The smallest absolute Gasteiger partial charge is 0.170 e. The lowest BCUT2D eigenvalue weighted by molar-refractivity contribution is -0.173. The second-order valence-corrected chi connectivity index (χ2v) is 11.2. The van der Waals surface area contributed by atoms with Crippen LogP contribution in [-0.4, -0.2) is 24.7 Å². The molecule has 0 unspecified atom stereocenters. The van der Waals surface area contributed by atoms with E-state index in [9.17, 15) is 0 Å². The highest BCUT2D eigenvalue weighted by atomic mass is 19.4. The average Bonchev–Trinajstić information content (AvgIpc) is 3.00. The monoisotopic (exact) mass is 680 g/mol. The Morgan fingerprint density at radius 2 is 0.896 bits per heavy atom. The van der Waals surface area contributed by atoms with Gasteiger partial charge in [-0.1, -0.05) is 115 Å². The molecule has 0 amide bonds. The maximum Gasteiger partial charge on any atom is 0.417 e. The molecule has 12 heteroatoms. The Balaban J connectivity index is 1.99. The van der Waals surface area contributed by atoms with Crippen LogP contribution < -0.4 is 0 Å². The summed E-state index contributed by atoms with van der Waals surface area (Å²) in [5, 5.41) is 0. The zero-order valence-corrected chi connectivity index (χ0v) is 24.1. The molecule has 0 spiro atoms. The SMILES string of the molecule is FC(F)(F)/C(=C1C2=C(C/1=C(\c1ccccc1)C(F)(F)F)[C@](c1ccccc1)(C(F)(F)F)c1ccccc1[C@H]2C(F)(F)F)c1ccccc1. The van der Waals surface area contributed by atoms with Gasteiger partial charge in [-0.25, -0.2) is 0 Å². The van der Waals surface area contributed by atoms with E-state index in [0.29, 0.717) is 0 Å². The predicted molar refractivity (Wildman–Crippen MR) is 154 cm³/mol. The van der Waals surface area contributed by atoms with Gasteiger partial charge in [-0.05, 0) is 44.5 Å². The lowest BCUT2D eigenvalue weighted by atomic mass is 9.49. The van der Waals surface area contributed by atoms with Crippen LogP contribution in [-0.2, 0) is 5.41 Å². The molecule has 0 heterocycles. The molecule has 2 atom stereocenters. The summed E-state index contributed by atoms with van der Waals surface area (Å²) < 4.78 is 185. The molecule has 2 aliphatic carbocycles. The highest BCUT2D eigenvalue weighted by Gasteiger charge is 2.70. The summed E-state index contributed by atoms with van der Waals surface area (Å²) in [4.78, 5) is 0. The number of allylic oxidation sites excluding steroid dienone is 6. The van der Waals surface area contributed by atoms with Crippen molar-refractivity contribution in [2.75, 3.05) is 0 Å². The van der Waals surface area contributed by atoms with Crippen LogP contribution in [0.5, 0.6) is 0 Å². The number of halogens is 12. The Kier molecular flexibility index (Phi) is 7.72. The van der Waals surface area contributed by atoms with Gasteiger partial charge in [0, 0.05) is 5.57 Å². The molecule has 0 nitrogen and oxygen atoms in total. The Labute approximate surface area is 265 Å². The molecule has 0 saturated heterocycles. The largest absolute Gasteiger partial charge is 0.417 e. The number of hydrogen-bond donors (Lipinski definition) is 0. The third kappa shape index (κ3) is 5.03. The van der Waals surface area contributed by atoms with E-state index in [-0.39, 0.29) is 0 Å². The van der Waals surface area contributed by atoms with E-state index in [0.717, 1.165) is 97.1 Å². The number of rotatable bonds is 3. The van der Waals surface area contributed by atoms with E-state index >= 15 is 52.7 Å². The highest BCUT2D eigenvalue weighted by molar-refractivity contribution is 5.99. The molecule has 0 fully saturated rings. The van der Waals surface area contributed by atoms with Crippen molar-refractivity contribution in [2.24, 2.45) is 0 Å². The number of fused-ring (bicyclic) bond motifs is 1. The fourth-order valence-electron chi connectivity index (χ4n) is 6.92.